The summed E-state index contributed by atoms with van der Waals surface area (Å²) >= 11 is 11.7. The van der Waals surface area contributed by atoms with Gasteiger partial charge >= 0.3 is 0 Å². The first-order valence-electron chi connectivity index (χ1n) is 9.37. The van der Waals surface area contributed by atoms with Gasteiger partial charge in [-0.1, -0.05) is 41.4 Å². The van der Waals surface area contributed by atoms with Gasteiger partial charge in [-0.05, 0) is 43.4 Å². The normalized spacial score (nSPS) is 12.8. The number of fused-ring (bicyclic) bond motifs is 2. The summed E-state index contributed by atoms with van der Waals surface area (Å²) < 4.78 is 0. The number of rotatable bonds is 5. The Balaban J connectivity index is 0.00000240. The van der Waals surface area contributed by atoms with Crippen LogP contribution in [0, 0.1) is 0 Å². The van der Waals surface area contributed by atoms with Crippen LogP contribution in [0.3, 0.4) is 0 Å². The molecule has 0 saturated carbocycles. The van der Waals surface area contributed by atoms with Crippen LogP contribution in [0.4, 0.5) is 5.69 Å². The predicted molar refractivity (Wildman–Crippen MR) is 121 cm³/mol. The van der Waals surface area contributed by atoms with Crippen LogP contribution < -0.4 is 10.6 Å². The Morgan fingerprint density at radius 3 is 2.72 bits per heavy atom. The highest BCUT2D eigenvalue weighted by atomic mass is 35.5. The van der Waals surface area contributed by atoms with Crippen LogP contribution in [0.1, 0.15) is 34.5 Å². The number of para-hydroxylation sites is 1. The van der Waals surface area contributed by atoms with Gasteiger partial charge in [-0.25, -0.2) is 4.98 Å². The van der Waals surface area contributed by atoms with E-state index >= 15 is 0 Å². The van der Waals surface area contributed by atoms with Crippen molar-refractivity contribution < 1.29 is 4.79 Å². The van der Waals surface area contributed by atoms with Gasteiger partial charge in [0.15, 0.2) is 0 Å². The van der Waals surface area contributed by atoms with Crippen molar-refractivity contribution in [3.63, 3.8) is 0 Å². The summed E-state index contributed by atoms with van der Waals surface area (Å²) in [4.78, 5) is 21.0. The van der Waals surface area contributed by atoms with Crippen molar-refractivity contribution >= 4 is 58.1 Å². The lowest BCUT2D eigenvalue weighted by atomic mass is 9.92. The largest absolute Gasteiger partial charge is 0.382 e. The second-order valence-corrected chi connectivity index (χ2v) is 7.58. The summed E-state index contributed by atoms with van der Waals surface area (Å²) in [6.45, 7) is 1.09. The van der Waals surface area contributed by atoms with Crippen LogP contribution in [-0.4, -0.2) is 29.0 Å². The van der Waals surface area contributed by atoms with E-state index in [0.717, 1.165) is 29.4 Å². The van der Waals surface area contributed by atoms with Gasteiger partial charge in [0.25, 0.3) is 5.91 Å². The van der Waals surface area contributed by atoms with Gasteiger partial charge in [0.05, 0.1) is 16.1 Å². The van der Waals surface area contributed by atoms with Crippen molar-refractivity contribution in [1.82, 2.24) is 15.3 Å². The number of anilines is 1. The van der Waals surface area contributed by atoms with Crippen LogP contribution in [0.5, 0.6) is 0 Å². The molecule has 2 aromatic heterocycles. The lowest BCUT2D eigenvalue weighted by molar-refractivity contribution is 0.0955. The van der Waals surface area contributed by atoms with Crippen molar-refractivity contribution in [3.8, 4) is 0 Å². The number of halogens is 3. The number of carbonyl (C=O) groups is 1. The van der Waals surface area contributed by atoms with Crippen LogP contribution in [-0.2, 0) is 12.8 Å². The Morgan fingerprint density at radius 2 is 1.90 bits per heavy atom. The summed E-state index contributed by atoms with van der Waals surface area (Å²) in [5, 5.41) is 7.99. The summed E-state index contributed by atoms with van der Waals surface area (Å²) in [6.07, 6.45) is 5.85. The van der Waals surface area contributed by atoms with Crippen LogP contribution in [0.25, 0.3) is 10.9 Å². The predicted octanol–water partition coefficient (Wildman–Crippen LogP) is 5.08. The highest BCUT2D eigenvalue weighted by molar-refractivity contribution is 6.41. The molecule has 0 fully saturated rings. The molecule has 0 unspecified atom stereocenters. The molecule has 2 N–H and O–H groups in total. The minimum atomic E-state index is -0.227. The summed E-state index contributed by atoms with van der Waals surface area (Å²) in [5.41, 5.74) is 5.05. The van der Waals surface area contributed by atoms with Crippen molar-refractivity contribution in [2.45, 2.75) is 25.7 Å². The number of aromatic nitrogens is 2. The molecule has 1 aliphatic rings. The minimum absolute atomic E-state index is 0. The van der Waals surface area contributed by atoms with E-state index in [4.69, 9.17) is 28.2 Å². The van der Waals surface area contributed by atoms with E-state index in [-0.39, 0.29) is 28.5 Å². The van der Waals surface area contributed by atoms with Crippen LogP contribution in [0.2, 0.25) is 10.2 Å². The van der Waals surface area contributed by atoms with E-state index in [0.29, 0.717) is 18.7 Å². The summed E-state index contributed by atoms with van der Waals surface area (Å²) in [6, 6.07) is 9.71. The zero-order valence-corrected chi connectivity index (χ0v) is 18.0. The molecular formula is C21H21Cl3N4O. The Morgan fingerprint density at radius 1 is 1.10 bits per heavy atom. The Hall–Kier alpha value is -2.08. The van der Waals surface area contributed by atoms with Crippen LogP contribution >= 0.6 is 35.6 Å². The third-order valence-corrected chi connectivity index (χ3v) is 5.63. The Labute approximate surface area is 185 Å². The number of nitrogens with one attached hydrogen (secondary N) is 2. The van der Waals surface area contributed by atoms with Gasteiger partial charge in [0.2, 0.25) is 0 Å². The monoisotopic (exact) mass is 450 g/mol. The fourth-order valence-electron chi connectivity index (χ4n) is 3.59. The average molecular weight is 452 g/mol. The van der Waals surface area contributed by atoms with Crippen molar-refractivity contribution in [3.05, 3.63) is 63.5 Å². The van der Waals surface area contributed by atoms with Crippen LogP contribution in [0.15, 0.2) is 36.5 Å². The van der Waals surface area contributed by atoms with Crippen molar-refractivity contribution in [1.29, 1.82) is 0 Å². The first-order chi connectivity index (χ1) is 13.6. The number of nitrogens with zero attached hydrogens (tertiary/aromatic N) is 2. The lowest BCUT2D eigenvalue weighted by Gasteiger charge is -2.21. The molecule has 1 aromatic carbocycles. The van der Waals surface area contributed by atoms with Gasteiger partial charge in [-0.2, -0.15) is 0 Å². The molecule has 0 atom stereocenters. The number of aryl methyl sites for hydroxylation is 1. The number of amides is 1. The van der Waals surface area contributed by atoms with E-state index in [1.54, 1.807) is 0 Å². The van der Waals surface area contributed by atoms with E-state index in [1.807, 2.05) is 12.1 Å². The molecule has 8 heteroatoms. The minimum Gasteiger partial charge on any atom is -0.382 e. The molecule has 0 bridgehead atoms. The highest BCUT2D eigenvalue weighted by Gasteiger charge is 2.18. The number of pyridine rings is 2. The van der Waals surface area contributed by atoms with E-state index < -0.39 is 0 Å². The maximum Gasteiger partial charge on any atom is 0.252 e. The Kier molecular flexibility index (Phi) is 7.17. The fourth-order valence-corrected chi connectivity index (χ4v) is 3.86. The molecule has 0 spiro atoms. The summed E-state index contributed by atoms with van der Waals surface area (Å²) in [5.74, 6) is -0.227. The van der Waals surface area contributed by atoms with E-state index in [2.05, 4.69) is 27.8 Å². The molecule has 0 saturated heterocycles. The molecule has 0 aliphatic heterocycles. The summed E-state index contributed by atoms with van der Waals surface area (Å²) in [7, 11) is 0. The molecular weight excluding hydrogens is 431 g/mol. The first-order valence-corrected chi connectivity index (χ1v) is 10.1. The zero-order chi connectivity index (χ0) is 19.5. The molecule has 2 heterocycles. The molecule has 5 nitrogen and oxygen atoms in total. The standard InChI is InChI=1S/C21H20Cl2N4O.ClH/c22-16-11-13(12-26-20(16)23)21(28)25-10-9-24-19-14-5-1-3-7-17(14)27-18-8-4-2-6-15(18)19;/h1,3,5,7,11-12H,2,4,6,8-10H2,(H,24,27)(H,25,28);1H. The van der Waals surface area contributed by atoms with Crippen molar-refractivity contribution in [2.24, 2.45) is 0 Å². The maximum absolute atomic E-state index is 12.3. The van der Waals surface area contributed by atoms with Crippen molar-refractivity contribution in [2.75, 3.05) is 18.4 Å². The fraction of sp³-hybridized carbons (Fsp3) is 0.286. The van der Waals surface area contributed by atoms with Gasteiger partial charge in [0, 0.05) is 36.1 Å². The molecule has 4 rings (SSSR count). The van der Waals surface area contributed by atoms with Gasteiger partial charge in [0.1, 0.15) is 5.15 Å². The van der Waals surface area contributed by atoms with Gasteiger partial charge in [-0.3, -0.25) is 9.78 Å². The zero-order valence-electron chi connectivity index (χ0n) is 15.7. The first kappa shape index (κ1) is 21.6. The number of hydrogen-bond donors (Lipinski definition) is 2. The number of benzene rings is 1. The Bertz CT molecular complexity index is 1040. The second-order valence-electron chi connectivity index (χ2n) is 6.82. The smallest absolute Gasteiger partial charge is 0.252 e. The van der Waals surface area contributed by atoms with E-state index in [1.165, 1.54) is 36.4 Å². The lowest BCUT2D eigenvalue weighted by Crippen LogP contribution is -2.29. The SMILES string of the molecule is Cl.O=C(NCCNc1c2c(nc3ccccc13)CCCC2)c1cnc(Cl)c(Cl)c1. The quantitative estimate of drug-likeness (QED) is 0.419. The number of hydrogen-bond acceptors (Lipinski definition) is 4. The maximum atomic E-state index is 12.3. The second kappa shape index (κ2) is 9.61. The molecule has 0 radical (unpaired) electrons. The third kappa shape index (κ3) is 4.74. The average Bonchev–Trinajstić information content (AvgIpc) is 2.72. The molecule has 3 aromatic rings. The molecule has 152 valence electrons. The van der Waals surface area contributed by atoms with Gasteiger partial charge < -0.3 is 10.6 Å². The number of carbonyl (C=O) groups excluding carboxylic acids is 1. The topological polar surface area (TPSA) is 66.9 Å². The van der Waals surface area contributed by atoms with E-state index in [9.17, 15) is 4.79 Å². The molecule has 1 aliphatic carbocycles. The van der Waals surface area contributed by atoms with Gasteiger partial charge in [-0.15, -0.1) is 12.4 Å². The third-order valence-electron chi connectivity index (χ3n) is 4.94. The highest BCUT2D eigenvalue weighted by Crippen LogP contribution is 2.33. The molecule has 29 heavy (non-hydrogen) atoms. The molecule has 1 amide bonds.